The van der Waals surface area contributed by atoms with Crippen molar-refractivity contribution in [1.82, 2.24) is 10.2 Å². The van der Waals surface area contributed by atoms with Gasteiger partial charge in [0.1, 0.15) is 6.54 Å². The molecular formula is C23H28N2O4. The molecule has 2 aromatic rings. The van der Waals surface area contributed by atoms with E-state index in [9.17, 15) is 14.4 Å². The summed E-state index contributed by atoms with van der Waals surface area (Å²) >= 11 is 0. The minimum atomic E-state index is -1.05. The molecule has 0 spiro atoms. The summed E-state index contributed by atoms with van der Waals surface area (Å²) in [4.78, 5) is 38.4. The summed E-state index contributed by atoms with van der Waals surface area (Å²) < 4.78 is 5.36. The Hall–Kier alpha value is -3.15. The highest BCUT2D eigenvalue weighted by Crippen LogP contribution is 2.22. The molecule has 2 amide bonds. The lowest BCUT2D eigenvalue weighted by Gasteiger charge is -2.21. The van der Waals surface area contributed by atoms with Crippen molar-refractivity contribution in [2.45, 2.75) is 32.3 Å². The molecule has 1 atom stereocenters. The molecular weight excluding hydrogens is 368 g/mol. The van der Waals surface area contributed by atoms with Crippen LogP contribution in [-0.2, 0) is 19.7 Å². The molecule has 0 radical (unpaired) electrons. The fourth-order valence-electron chi connectivity index (χ4n) is 2.67. The van der Waals surface area contributed by atoms with Gasteiger partial charge in [-0.25, -0.2) is 0 Å². The maximum Gasteiger partial charge on any atom is 0.326 e. The fraction of sp³-hybridized carbons (Fsp3) is 0.348. The number of amides is 2. The van der Waals surface area contributed by atoms with Crippen molar-refractivity contribution >= 4 is 17.8 Å². The van der Waals surface area contributed by atoms with Crippen LogP contribution in [0, 0.1) is 0 Å². The van der Waals surface area contributed by atoms with Crippen molar-refractivity contribution in [3.05, 3.63) is 71.3 Å². The van der Waals surface area contributed by atoms with E-state index in [2.05, 4.69) is 26.1 Å². The molecule has 0 bridgehead atoms. The first-order valence-corrected chi connectivity index (χ1v) is 9.44. The topological polar surface area (TPSA) is 75.7 Å². The number of carbonyl (C=O) groups is 3. The molecule has 1 N–H and O–H groups in total. The zero-order chi connectivity index (χ0) is 21.6. The van der Waals surface area contributed by atoms with Gasteiger partial charge in [-0.05, 0) is 23.1 Å². The van der Waals surface area contributed by atoms with Gasteiger partial charge in [-0.15, -0.1) is 0 Å². The molecule has 29 heavy (non-hydrogen) atoms. The van der Waals surface area contributed by atoms with Crippen LogP contribution in [0.15, 0.2) is 54.6 Å². The molecule has 0 unspecified atom stereocenters. The second-order valence-electron chi connectivity index (χ2n) is 8.02. The summed E-state index contributed by atoms with van der Waals surface area (Å²) in [7, 11) is 3.18. The highest BCUT2D eigenvalue weighted by atomic mass is 16.5. The van der Waals surface area contributed by atoms with Gasteiger partial charge in [-0.2, -0.15) is 0 Å². The molecule has 0 fully saturated rings. The lowest BCUT2D eigenvalue weighted by molar-refractivity contribution is -0.158. The Morgan fingerprint density at radius 2 is 1.55 bits per heavy atom. The first kappa shape index (κ1) is 22.1. The van der Waals surface area contributed by atoms with Crippen molar-refractivity contribution in [3.8, 4) is 0 Å². The number of likely N-dealkylation sites (N-methyl/N-ethyl adjacent to an activating group) is 1. The van der Waals surface area contributed by atoms with E-state index in [0.717, 1.165) is 5.56 Å². The molecule has 0 saturated heterocycles. The summed E-state index contributed by atoms with van der Waals surface area (Å²) in [6.07, 6.45) is -1.05. The minimum absolute atomic E-state index is 0.00968. The van der Waals surface area contributed by atoms with E-state index in [4.69, 9.17) is 4.74 Å². The number of nitrogens with one attached hydrogen (secondary N) is 1. The Labute approximate surface area is 171 Å². The van der Waals surface area contributed by atoms with Gasteiger partial charge >= 0.3 is 5.97 Å². The molecule has 0 aliphatic carbocycles. The van der Waals surface area contributed by atoms with Crippen molar-refractivity contribution in [2.24, 2.45) is 0 Å². The average Bonchev–Trinajstić information content (AvgIpc) is 2.69. The molecule has 0 aliphatic rings. The van der Waals surface area contributed by atoms with Crippen molar-refractivity contribution < 1.29 is 19.1 Å². The first-order chi connectivity index (χ1) is 13.6. The summed E-state index contributed by atoms with van der Waals surface area (Å²) in [5.41, 5.74) is 2.13. The quantitative estimate of drug-likeness (QED) is 0.762. The number of ether oxygens (including phenoxy) is 1. The summed E-state index contributed by atoms with van der Waals surface area (Å²) in [6, 6.07) is 16.0. The predicted octanol–water partition coefficient (Wildman–Crippen LogP) is 3.09. The number of esters is 1. The molecule has 6 nitrogen and oxygen atoms in total. The SMILES string of the molecule is CN(C)C(=O)[C@H](OC(=O)CNC(=O)c1ccc(C(C)(C)C)cc1)c1ccccc1. The minimum Gasteiger partial charge on any atom is -0.446 e. The number of rotatable bonds is 6. The molecule has 0 saturated carbocycles. The van der Waals surface area contributed by atoms with Crippen LogP contribution >= 0.6 is 0 Å². The van der Waals surface area contributed by atoms with Crippen molar-refractivity contribution in [2.75, 3.05) is 20.6 Å². The van der Waals surface area contributed by atoms with E-state index in [1.54, 1.807) is 50.5 Å². The molecule has 0 aromatic heterocycles. The fourth-order valence-corrected chi connectivity index (χ4v) is 2.67. The van der Waals surface area contributed by atoms with Crippen LogP contribution < -0.4 is 5.32 Å². The van der Waals surface area contributed by atoms with Crippen LogP contribution in [-0.4, -0.2) is 43.3 Å². The summed E-state index contributed by atoms with van der Waals surface area (Å²) in [5, 5.41) is 2.54. The second kappa shape index (κ2) is 9.37. The van der Waals surface area contributed by atoms with Crippen LogP contribution in [0.1, 0.15) is 48.4 Å². The predicted molar refractivity (Wildman–Crippen MR) is 111 cm³/mol. The standard InChI is InChI=1S/C23H28N2O4/c1-23(2,3)18-13-11-17(12-14-18)21(27)24-15-19(26)29-20(22(28)25(4)5)16-9-7-6-8-10-16/h6-14,20H,15H2,1-5H3,(H,24,27)/t20-/m1/s1. The Morgan fingerprint density at radius 3 is 2.07 bits per heavy atom. The van der Waals surface area contributed by atoms with E-state index in [0.29, 0.717) is 11.1 Å². The summed E-state index contributed by atoms with van der Waals surface area (Å²) in [6.45, 7) is 5.95. The molecule has 6 heteroatoms. The van der Waals surface area contributed by atoms with Crippen LogP contribution in [0.3, 0.4) is 0 Å². The zero-order valence-corrected chi connectivity index (χ0v) is 17.6. The van der Waals surface area contributed by atoms with E-state index >= 15 is 0 Å². The third-order valence-electron chi connectivity index (χ3n) is 4.42. The molecule has 2 rings (SSSR count). The van der Waals surface area contributed by atoms with Gasteiger partial charge < -0.3 is 15.0 Å². The van der Waals surface area contributed by atoms with Crippen molar-refractivity contribution in [3.63, 3.8) is 0 Å². The van der Waals surface area contributed by atoms with Gasteiger partial charge in [-0.3, -0.25) is 14.4 Å². The van der Waals surface area contributed by atoms with Crippen LogP contribution in [0.25, 0.3) is 0 Å². The second-order valence-corrected chi connectivity index (χ2v) is 8.02. The Bertz CT molecular complexity index is 853. The van der Waals surface area contributed by atoms with E-state index < -0.39 is 12.1 Å². The largest absolute Gasteiger partial charge is 0.446 e. The van der Waals surface area contributed by atoms with Gasteiger partial charge in [0.15, 0.2) is 0 Å². The van der Waals surface area contributed by atoms with Gasteiger partial charge in [0.05, 0.1) is 0 Å². The summed E-state index contributed by atoms with van der Waals surface area (Å²) in [5.74, 6) is -1.42. The monoisotopic (exact) mass is 396 g/mol. The lowest BCUT2D eigenvalue weighted by atomic mass is 9.87. The zero-order valence-electron chi connectivity index (χ0n) is 17.6. The molecule has 0 heterocycles. The Kier molecular flexibility index (Phi) is 7.15. The number of hydrogen-bond acceptors (Lipinski definition) is 4. The molecule has 0 aliphatic heterocycles. The average molecular weight is 396 g/mol. The maximum absolute atomic E-state index is 12.4. The number of hydrogen-bond donors (Lipinski definition) is 1. The highest BCUT2D eigenvalue weighted by molar-refractivity contribution is 5.96. The van der Waals surface area contributed by atoms with E-state index in [1.807, 2.05) is 18.2 Å². The number of carbonyl (C=O) groups excluding carboxylic acids is 3. The van der Waals surface area contributed by atoms with Gasteiger partial charge in [0.2, 0.25) is 6.10 Å². The van der Waals surface area contributed by atoms with E-state index in [-0.39, 0.29) is 23.8 Å². The molecule has 2 aromatic carbocycles. The van der Waals surface area contributed by atoms with Gasteiger partial charge in [-0.1, -0.05) is 63.2 Å². The van der Waals surface area contributed by atoms with Gasteiger partial charge in [0.25, 0.3) is 11.8 Å². The van der Waals surface area contributed by atoms with Crippen LogP contribution in [0.5, 0.6) is 0 Å². The lowest BCUT2D eigenvalue weighted by Crippen LogP contribution is -2.35. The smallest absolute Gasteiger partial charge is 0.326 e. The van der Waals surface area contributed by atoms with Crippen LogP contribution in [0.4, 0.5) is 0 Å². The third-order valence-corrected chi connectivity index (χ3v) is 4.42. The van der Waals surface area contributed by atoms with E-state index in [1.165, 1.54) is 4.90 Å². The van der Waals surface area contributed by atoms with Crippen molar-refractivity contribution in [1.29, 1.82) is 0 Å². The number of nitrogens with zero attached hydrogens (tertiary/aromatic N) is 1. The first-order valence-electron chi connectivity index (χ1n) is 9.44. The molecule has 154 valence electrons. The highest BCUT2D eigenvalue weighted by Gasteiger charge is 2.26. The normalized spacial score (nSPS) is 12.0. The Balaban J connectivity index is 2.00. The maximum atomic E-state index is 12.4. The Morgan fingerprint density at radius 1 is 0.966 bits per heavy atom. The third kappa shape index (κ3) is 6.17. The van der Waals surface area contributed by atoms with Crippen LogP contribution in [0.2, 0.25) is 0 Å². The van der Waals surface area contributed by atoms with Gasteiger partial charge in [0, 0.05) is 25.2 Å². The number of benzene rings is 2.